The number of hydrogen-bond acceptors (Lipinski definition) is 5. The van der Waals surface area contributed by atoms with Crippen LogP contribution in [0.1, 0.15) is 5.56 Å². The fourth-order valence-electron chi connectivity index (χ4n) is 2.61. The molecule has 0 spiro atoms. The summed E-state index contributed by atoms with van der Waals surface area (Å²) in [6.45, 7) is 0.734. The van der Waals surface area contributed by atoms with Gasteiger partial charge < -0.3 is 9.30 Å². The largest absolute Gasteiger partial charge is 0.496 e. The molecule has 0 aliphatic heterocycles. The molecule has 3 rings (SSSR count). The third-order valence-electron chi connectivity index (χ3n) is 3.80. The first-order valence-electron chi connectivity index (χ1n) is 7.93. The fraction of sp³-hybridized carbons (Fsp3) is 0.211. The molecule has 126 valence electrons. The molecule has 0 atom stereocenters. The van der Waals surface area contributed by atoms with Crippen molar-refractivity contribution in [2.75, 3.05) is 12.9 Å². The van der Waals surface area contributed by atoms with Gasteiger partial charge in [-0.3, -0.25) is 0 Å². The van der Waals surface area contributed by atoms with Crippen molar-refractivity contribution in [3.05, 3.63) is 60.2 Å². The number of aromatic nitrogens is 3. The average Bonchev–Trinajstić information content (AvgIpc) is 3.08. The van der Waals surface area contributed by atoms with Crippen LogP contribution in [0.5, 0.6) is 5.75 Å². The Morgan fingerprint density at radius 2 is 1.84 bits per heavy atom. The third kappa shape index (κ3) is 4.01. The number of ether oxygens (including phenoxy) is 1. The second kappa shape index (κ2) is 8.36. The number of thioether (sulfide) groups is 1. The molecule has 0 saturated carbocycles. The zero-order chi connectivity index (χ0) is 17.5. The van der Waals surface area contributed by atoms with Gasteiger partial charge in [0.25, 0.3) is 0 Å². The summed E-state index contributed by atoms with van der Waals surface area (Å²) in [6.07, 6.45) is 0.862. The molecule has 0 N–H and O–H groups in total. The van der Waals surface area contributed by atoms with E-state index in [9.17, 15) is 0 Å². The van der Waals surface area contributed by atoms with Gasteiger partial charge >= 0.3 is 0 Å². The van der Waals surface area contributed by atoms with Crippen LogP contribution < -0.4 is 4.74 Å². The van der Waals surface area contributed by atoms with Gasteiger partial charge in [-0.15, -0.1) is 10.2 Å². The second-order valence-corrected chi connectivity index (χ2v) is 6.28. The highest BCUT2D eigenvalue weighted by Crippen LogP contribution is 2.31. The van der Waals surface area contributed by atoms with E-state index in [1.54, 1.807) is 7.11 Å². The van der Waals surface area contributed by atoms with E-state index in [1.165, 1.54) is 17.3 Å². The molecule has 0 radical (unpaired) electrons. The van der Waals surface area contributed by atoms with Gasteiger partial charge in [0, 0.05) is 6.54 Å². The lowest BCUT2D eigenvalue weighted by molar-refractivity contribution is 0.415. The van der Waals surface area contributed by atoms with Gasteiger partial charge in [-0.25, -0.2) is 0 Å². The number of nitrogens with zero attached hydrogens (tertiary/aromatic N) is 4. The first-order valence-corrected chi connectivity index (χ1v) is 8.92. The third-order valence-corrected chi connectivity index (χ3v) is 4.63. The van der Waals surface area contributed by atoms with Crippen molar-refractivity contribution in [3.63, 3.8) is 0 Å². The topological polar surface area (TPSA) is 63.7 Å². The van der Waals surface area contributed by atoms with Crippen molar-refractivity contribution in [3.8, 4) is 23.2 Å². The molecular weight excluding hydrogens is 332 g/mol. The van der Waals surface area contributed by atoms with Gasteiger partial charge in [0.2, 0.25) is 0 Å². The smallest absolute Gasteiger partial charge is 0.192 e. The molecule has 0 fully saturated rings. The predicted molar refractivity (Wildman–Crippen MR) is 98.5 cm³/mol. The highest BCUT2D eigenvalue weighted by molar-refractivity contribution is 7.99. The van der Waals surface area contributed by atoms with Crippen molar-refractivity contribution in [1.82, 2.24) is 14.8 Å². The van der Waals surface area contributed by atoms with Crippen molar-refractivity contribution >= 4 is 11.8 Å². The molecule has 6 heteroatoms. The highest BCUT2D eigenvalue weighted by Gasteiger charge is 2.17. The first-order chi connectivity index (χ1) is 12.3. The summed E-state index contributed by atoms with van der Waals surface area (Å²) in [5.74, 6) is 1.86. The van der Waals surface area contributed by atoms with Gasteiger partial charge in [-0.2, -0.15) is 5.26 Å². The SMILES string of the molecule is COc1ccccc1-c1nnc(SCC#N)n1CCc1ccccc1. The van der Waals surface area contributed by atoms with Crippen LogP contribution >= 0.6 is 11.8 Å². The molecule has 0 amide bonds. The van der Waals surface area contributed by atoms with E-state index in [2.05, 4.69) is 33.0 Å². The number of benzene rings is 2. The van der Waals surface area contributed by atoms with Crippen LogP contribution in [0, 0.1) is 11.3 Å². The number of nitriles is 1. The Balaban J connectivity index is 1.95. The lowest BCUT2D eigenvalue weighted by Gasteiger charge is -2.12. The molecule has 1 aromatic heterocycles. The Morgan fingerprint density at radius 1 is 1.08 bits per heavy atom. The quantitative estimate of drug-likeness (QED) is 0.606. The Bertz CT molecular complexity index is 871. The summed E-state index contributed by atoms with van der Waals surface area (Å²) in [7, 11) is 1.65. The van der Waals surface area contributed by atoms with Crippen LogP contribution in [-0.4, -0.2) is 27.6 Å². The van der Waals surface area contributed by atoms with E-state index in [4.69, 9.17) is 10.00 Å². The number of rotatable bonds is 7. The zero-order valence-electron chi connectivity index (χ0n) is 13.9. The second-order valence-electron chi connectivity index (χ2n) is 5.34. The summed E-state index contributed by atoms with van der Waals surface area (Å²) in [6, 6.07) is 20.2. The summed E-state index contributed by atoms with van der Waals surface area (Å²) in [4.78, 5) is 0. The van der Waals surface area contributed by atoms with E-state index < -0.39 is 0 Å². The van der Waals surface area contributed by atoms with E-state index >= 15 is 0 Å². The Hall–Kier alpha value is -2.78. The van der Waals surface area contributed by atoms with E-state index in [0.717, 1.165) is 35.3 Å². The van der Waals surface area contributed by atoms with E-state index in [1.807, 2.05) is 42.5 Å². The highest BCUT2D eigenvalue weighted by atomic mass is 32.2. The Kier molecular flexibility index (Phi) is 5.70. The lowest BCUT2D eigenvalue weighted by atomic mass is 10.1. The molecule has 0 bridgehead atoms. The average molecular weight is 350 g/mol. The summed E-state index contributed by atoms with van der Waals surface area (Å²) < 4.78 is 7.53. The number of methoxy groups -OCH3 is 1. The van der Waals surface area contributed by atoms with Crippen LogP contribution in [0.2, 0.25) is 0 Å². The zero-order valence-corrected chi connectivity index (χ0v) is 14.7. The van der Waals surface area contributed by atoms with Crippen molar-refractivity contribution in [2.24, 2.45) is 0 Å². The number of hydrogen-bond donors (Lipinski definition) is 0. The predicted octanol–water partition coefficient (Wildman–Crippen LogP) is 3.81. The van der Waals surface area contributed by atoms with Gasteiger partial charge in [-0.1, -0.05) is 54.2 Å². The minimum atomic E-state index is 0.343. The lowest BCUT2D eigenvalue weighted by Crippen LogP contribution is -2.06. The van der Waals surface area contributed by atoms with Crippen LogP contribution in [-0.2, 0) is 13.0 Å². The maximum Gasteiger partial charge on any atom is 0.192 e. The van der Waals surface area contributed by atoms with Crippen LogP contribution in [0.3, 0.4) is 0 Å². The minimum Gasteiger partial charge on any atom is -0.496 e. The molecule has 2 aromatic carbocycles. The number of para-hydroxylation sites is 1. The first kappa shape index (κ1) is 17.1. The summed E-state index contributed by atoms with van der Waals surface area (Å²) >= 11 is 1.40. The van der Waals surface area contributed by atoms with Crippen LogP contribution in [0.25, 0.3) is 11.4 Å². The van der Waals surface area contributed by atoms with Crippen molar-refractivity contribution in [2.45, 2.75) is 18.1 Å². The molecule has 5 nitrogen and oxygen atoms in total. The molecule has 0 aliphatic carbocycles. The van der Waals surface area contributed by atoms with E-state index in [0.29, 0.717) is 5.75 Å². The van der Waals surface area contributed by atoms with Crippen LogP contribution in [0.4, 0.5) is 0 Å². The molecular formula is C19H18N4OS. The molecule has 1 heterocycles. The van der Waals surface area contributed by atoms with Gasteiger partial charge in [0.05, 0.1) is 24.5 Å². The Labute approximate surface area is 151 Å². The maximum atomic E-state index is 8.88. The molecule has 0 unspecified atom stereocenters. The monoisotopic (exact) mass is 350 g/mol. The number of aryl methyl sites for hydroxylation is 1. The van der Waals surface area contributed by atoms with Crippen molar-refractivity contribution < 1.29 is 4.74 Å². The summed E-state index contributed by atoms with van der Waals surface area (Å²) in [5, 5.41) is 18.3. The maximum absolute atomic E-state index is 8.88. The Morgan fingerprint density at radius 3 is 2.60 bits per heavy atom. The normalized spacial score (nSPS) is 10.4. The molecule has 3 aromatic rings. The standard InChI is InChI=1S/C19H18N4OS/c1-24-17-10-6-5-9-16(17)18-21-22-19(25-14-12-20)23(18)13-11-15-7-3-2-4-8-15/h2-10H,11,13-14H2,1H3. The minimum absolute atomic E-state index is 0.343. The molecule has 0 saturated heterocycles. The van der Waals surface area contributed by atoms with Gasteiger partial charge in [0.1, 0.15) is 5.75 Å². The van der Waals surface area contributed by atoms with Gasteiger partial charge in [-0.05, 0) is 24.1 Å². The molecule has 0 aliphatic rings. The van der Waals surface area contributed by atoms with Crippen LogP contribution in [0.15, 0.2) is 59.8 Å². The fourth-order valence-corrected chi connectivity index (χ4v) is 3.23. The van der Waals surface area contributed by atoms with Crippen molar-refractivity contribution in [1.29, 1.82) is 5.26 Å². The van der Waals surface area contributed by atoms with E-state index in [-0.39, 0.29) is 0 Å². The summed E-state index contributed by atoms with van der Waals surface area (Å²) in [5.41, 5.74) is 2.15. The molecule has 25 heavy (non-hydrogen) atoms. The van der Waals surface area contributed by atoms with Gasteiger partial charge in [0.15, 0.2) is 11.0 Å².